The van der Waals surface area contributed by atoms with Gasteiger partial charge in [0.05, 0.1) is 6.10 Å². The Labute approximate surface area is 154 Å². The molecule has 3 N–H and O–H groups in total. The van der Waals surface area contributed by atoms with Crippen LogP contribution < -0.4 is 16.0 Å². The first-order chi connectivity index (χ1) is 11.7. The summed E-state index contributed by atoms with van der Waals surface area (Å²) >= 11 is 0. The summed E-state index contributed by atoms with van der Waals surface area (Å²) in [7, 11) is 0. The van der Waals surface area contributed by atoms with Gasteiger partial charge in [-0.3, -0.25) is 9.59 Å². The van der Waals surface area contributed by atoms with Gasteiger partial charge in [0, 0.05) is 31.7 Å². The summed E-state index contributed by atoms with van der Waals surface area (Å²) in [6.45, 7) is 1.70. The molecule has 0 saturated carbocycles. The minimum atomic E-state index is -0.389. The fourth-order valence-corrected chi connectivity index (χ4v) is 3.37. The molecule has 6 nitrogen and oxygen atoms in total. The zero-order valence-electron chi connectivity index (χ0n) is 14.3. The Bertz CT molecular complexity index is 611. The van der Waals surface area contributed by atoms with Gasteiger partial charge in [-0.25, -0.2) is 0 Å². The molecule has 138 valence electrons. The number of ether oxygens (including phenoxy) is 1. The highest BCUT2D eigenvalue weighted by Gasteiger charge is 2.29. The van der Waals surface area contributed by atoms with Gasteiger partial charge in [0.2, 0.25) is 11.8 Å². The first kappa shape index (κ1) is 19.7. The smallest absolute Gasteiger partial charge is 0.249 e. The average molecular weight is 368 g/mol. The Morgan fingerprint density at radius 2 is 2.08 bits per heavy atom. The van der Waals surface area contributed by atoms with Gasteiger partial charge in [0.15, 0.2) is 0 Å². The van der Waals surface area contributed by atoms with Gasteiger partial charge < -0.3 is 20.7 Å². The fraction of sp³-hybridized carbons (Fsp3) is 0.556. The fourth-order valence-electron chi connectivity index (χ4n) is 3.37. The molecule has 1 aromatic carbocycles. The minimum Gasteiger partial charge on any atom is -0.364 e. The molecule has 0 aliphatic carbocycles. The van der Waals surface area contributed by atoms with E-state index in [4.69, 9.17) is 10.5 Å². The van der Waals surface area contributed by atoms with Crippen LogP contribution in [0.5, 0.6) is 0 Å². The lowest BCUT2D eigenvalue weighted by Gasteiger charge is -2.17. The number of para-hydroxylation sites is 1. The number of rotatable bonds is 6. The summed E-state index contributed by atoms with van der Waals surface area (Å²) in [4.78, 5) is 26.2. The van der Waals surface area contributed by atoms with Crippen LogP contribution in [0.2, 0.25) is 0 Å². The molecule has 1 saturated heterocycles. The molecule has 3 rings (SSSR count). The van der Waals surface area contributed by atoms with E-state index in [-0.39, 0.29) is 36.4 Å². The summed E-state index contributed by atoms with van der Waals surface area (Å²) in [5, 5.41) is 2.86. The Morgan fingerprint density at radius 1 is 1.28 bits per heavy atom. The first-order valence-corrected chi connectivity index (χ1v) is 8.70. The highest BCUT2D eigenvalue weighted by molar-refractivity contribution is 5.95. The summed E-state index contributed by atoms with van der Waals surface area (Å²) in [5.41, 5.74) is 7.80. The molecule has 2 amide bonds. The van der Waals surface area contributed by atoms with Gasteiger partial charge >= 0.3 is 0 Å². The van der Waals surface area contributed by atoms with E-state index in [1.807, 2.05) is 23.1 Å². The normalized spacial score (nSPS) is 21.6. The number of benzene rings is 1. The predicted octanol–water partition coefficient (Wildman–Crippen LogP) is 1.40. The highest BCUT2D eigenvalue weighted by atomic mass is 35.5. The quantitative estimate of drug-likeness (QED) is 0.744. The largest absolute Gasteiger partial charge is 0.364 e. The van der Waals surface area contributed by atoms with Crippen LogP contribution in [-0.4, -0.2) is 43.7 Å². The number of halogens is 1. The van der Waals surface area contributed by atoms with Crippen LogP contribution in [0.25, 0.3) is 0 Å². The van der Waals surface area contributed by atoms with Crippen molar-refractivity contribution in [2.75, 3.05) is 24.5 Å². The molecular weight excluding hydrogens is 342 g/mol. The molecule has 0 spiro atoms. The van der Waals surface area contributed by atoms with Crippen molar-refractivity contribution >= 4 is 29.9 Å². The van der Waals surface area contributed by atoms with Gasteiger partial charge in [-0.1, -0.05) is 18.2 Å². The number of nitrogens with two attached hydrogens (primary N) is 1. The van der Waals surface area contributed by atoms with Crippen LogP contribution >= 0.6 is 12.4 Å². The standard InChI is InChI=1S/C18H25N3O3.ClH/c19-12-14-7-8-16(24-14)18(23)20-10-3-6-17(22)21-11-9-13-4-1-2-5-15(13)21;/h1-2,4-5,14,16H,3,6-12,19H2,(H,20,23);1H/t14-,16+;/m1./s1. The first-order valence-electron chi connectivity index (χ1n) is 8.70. The average Bonchev–Trinajstić information content (AvgIpc) is 3.25. The molecule has 7 heteroatoms. The van der Waals surface area contributed by atoms with Crippen molar-refractivity contribution < 1.29 is 14.3 Å². The summed E-state index contributed by atoms with van der Waals surface area (Å²) in [6.07, 6.45) is 3.15. The molecule has 1 aromatic rings. The number of hydrogen-bond donors (Lipinski definition) is 2. The molecule has 2 aliphatic rings. The molecule has 25 heavy (non-hydrogen) atoms. The van der Waals surface area contributed by atoms with Gasteiger partial charge in [-0.2, -0.15) is 0 Å². The van der Waals surface area contributed by atoms with Gasteiger partial charge in [0.1, 0.15) is 6.10 Å². The molecule has 1 fully saturated rings. The number of anilines is 1. The zero-order chi connectivity index (χ0) is 16.9. The number of hydrogen-bond acceptors (Lipinski definition) is 4. The zero-order valence-corrected chi connectivity index (χ0v) is 15.1. The van der Waals surface area contributed by atoms with Gasteiger partial charge in [-0.15, -0.1) is 12.4 Å². The second-order valence-corrected chi connectivity index (χ2v) is 6.38. The van der Waals surface area contributed by atoms with Crippen LogP contribution in [-0.2, 0) is 20.7 Å². The molecular formula is C18H26ClN3O3. The molecule has 2 atom stereocenters. The van der Waals surface area contributed by atoms with Crippen LogP contribution in [0.15, 0.2) is 24.3 Å². The van der Waals surface area contributed by atoms with Crippen molar-refractivity contribution in [2.45, 2.75) is 44.3 Å². The lowest BCUT2D eigenvalue weighted by Crippen LogP contribution is -2.36. The van der Waals surface area contributed by atoms with Crippen LogP contribution in [0.1, 0.15) is 31.2 Å². The summed E-state index contributed by atoms with van der Waals surface area (Å²) in [6, 6.07) is 8.02. The third-order valence-electron chi connectivity index (χ3n) is 4.72. The number of carbonyl (C=O) groups excluding carboxylic acids is 2. The molecule has 2 heterocycles. The monoisotopic (exact) mass is 367 g/mol. The maximum atomic E-state index is 12.4. The Balaban J connectivity index is 0.00000225. The Kier molecular flexibility index (Phi) is 7.23. The number of nitrogens with zero attached hydrogens (tertiary/aromatic N) is 1. The van der Waals surface area contributed by atoms with E-state index in [2.05, 4.69) is 11.4 Å². The van der Waals surface area contributed by atoms with E-state index in [1.165, 1.54) is 5.56 Å². The third kappa shape index (κ3) is 4.71. The van der Waals surface area contributed by atoms with Crippen molar-refractivity contribution in [1.82, 2.24) is 5.32 Å². The van der Waals surface area contributed by atoms with Crippen LogP contribution in [0.4, 0.5) is 5.69 Å². The van der Waals surface area contributed by atoms with Gasteiger partial charge in [0.25, 0.3) is 0 Å². The molecule has 0 aromatic heterocycles. The van der Waals surface area contributed by atoms with Crippen LogP contribution in [0.3, 0.4) is 0 Å². The van der Waals surface area contributed by atoms with Crippen molar-refractivity contribution in [2.24, 2.45) is 5.73 Å². The van der Waals surface area contributed by atoms with Gasteiger partial charge in [-0.05, 0) is 37.3 Å². The van der Waals surface area contributed by atoms with Crippen molar-refractivity contribution in [3.8, 4) is 0 Å². The number of carbonyl (C=O) groups is 2. The molecule has 0 bridgehead atoms. The number of amides is 2. The third-order valence-corrected chi connectivity index (χ3v) is 4.72. The number of fused-ring (bicyclic) bond motifs is 1. The van der Waals surface area contributed by atoms with E-state index >= 15 is 0 Å². The number of nitrogens with one attached hydrogen (secondary N) is 1. The summed E-state index contributed by atoms with van der Waals surface area (Å²) < 4.78 is 5.56. The second kappa shape index (κ2) is 9.17. The lowest BCUT2D eigenvalue weighted by molar-refractivity contribution is -0.132. The van der Waals surface area contributed by atoms with Crippen molar-refractivity contribution in [3.05, 3.63) is 29.8 Å². The maximum Gasteiger partial charge on any atom is 0.249 e. The van der Waals surface area contributed by atoms with E-state index in [9.17, 15) is 9.59 Å². The Hall–Kier alpha value is -1.63. The van der Waals surface area contributed by atoms with E-state index in [1.54, 1.807) is 0 Å². The SMILES string of the molecule is Cl.NC[C@H]1CC[C@@H](C(=O)NCCCC(=O)N2CCc3ccccc32)O1. The van der Waals surface area contributed by atoms with E-state index < -0.39 is 0 Å². The topological polar surface area (TPSA) is 84.7 Å². The van der Waals surface area contributed by atoms with E-state index in [0.29, 0.717) is 25.9 Å². The highest BCUT2D eigenvalue weighted by Crippen LogP contribution is 2.28. The van der Waals surface area contributed by atoms with Crippen molar-refractivity contribution in [3.63, 3.8) is 0 Å². The van der Waals surface area contributed by atoms with E-state index in [0.717, 1.165) is 31.5 Å². The Morgan fingerprint density at radius 3 is 2.84 bits per heavy atom. The lowest BCUT2D eigenvalue weighted by atomic mass is 10.2. The van der Waals surface area contributed by atoms with Crippen LogP contribution in [0, 0.1) is 0 Å². The second-order valence-electron chi connectivity index (χ2n) is 6.38. The van der Waals surface area contributed by atoms with Crippen molar-refractivity contribution in [1.29, 1.82) is 0 Å². The molecule has 0 unspecified atom stereocenters. The molecule has 2 aliphatic heterocycles. The molecule has 0 radical (unpaired) electrons. The minimum absolute atomic E-state index is 0. The summed E-state index contributed by atoms with van der Waals surface area (Å²) in [5.74, 6) is 0.0272. The predicted molar refractivity (Wildman–Crippen MR) is 98.9 cm³/mol. The maximum absolute atomic E-state index is 12.4.